The highest BCUT2D eigenvalue weighted by Crippen LogP contribution is 2.30. The number of benzene rings is 2. The lowest BCUT2D eigenvalue weighted by Crippen LogP contribution is -2.62. The fourth-order valence-corrected chi connectivity index (χ4v) is 3.37. The van der Waals surface area contributed by atoms with Gasteiger partial charge in [0.15, 0.2) is 6.10 Å². The molecule has 2 aromatic rings. The molecule has 1 saturated heterocycles. The zero-order valence-corrected chi connectivity index (χ0v) is 18.3. The molecule has 0 radical (unpaired) electrons. The number of esters is 1. The molecule has 1 heterocycles. The molecule has 8 nitrogen and oxygen atoms in total. The molecule has 2 unspecified atom stereocenters. The molecule has 1 aliphatic rings. The number of ether oxygens (including phenoxy) is 5. The van der Waals surface area contributed by atoms with E-state index in [2.05, 4.69) is 0 Å². The van der Waals surface area contributed by atoms with E-state index in [0.29, 0.717) is 23.7 Å². The van der Waals surface area contributed by atoms with Crippen LogP contribution >= 0.6 is 0 Å². The Morgan fingerprint density at radius 3 is 2.34 bits per heavy atom. The first-order valence-corrected chi connectivity index (χ1v) is 10.7. The van der Waals surface area contributed by atoms with Crippen molar-refractivity contribution in [1.29, 1.82) is 0 Å². The van der Waals surface area contributed by atoms with Gasteiger partial charge in [0, 0.05) is 6.61 Å². The lowest BCUT2D eigenvalue weighted by molar-refractivity contribution is -0.285. The van der Waals surface area contributed by atoms with Crippen LogP contribution in [0, 0.1) is 0 Å². The molecule has 3 rings (SSSR count). The zero-order chi connectivity index (χ0) is 22.9. The zero-order valence-electron chi connectivity index (χ0n) is 18.3. The van der Waals surface area contributed by atoms with Crippen LogP contribution in [0.15, 0.2) is 54.6 Å². The third-order valence-electron chi connectivity index (χ3n) is 5.17. The second-order valence-corrected chi connectivity index (χ2v) is 7.43. The van der Waals surface area contributed by atoms with E-state index in [1.54, 1.807) is 61.7 Å². The van der Waals surface area contributed by atoms with E-state index in [-0.39, 0.29) is 0 Å². The Hall–Kier alpha value is -2.65. The first-order chi connectivity index (χ1) is 15.6. The van der Waals surface area contributed by atoms with Crippen LogP contribution in [0.1, 0.15) is 30.1 Å². The number of rotatable bonds is 10. The Labute approximate surface area is 187 Å². The third-order valence-corrected chi connectivity index (χ3v) is 5.17. The summed E-state index contributed by atoms with van der Waals surface area (Å²) in [5.74, 6) is 0.497. The fourth-order valence-electron chi connectivity index (χ4n) is 3.37. The molecule has 1 aliphatic heterocycles. The molecule has 2 N–H and O–H groups in total. The van der Waals surface area contributed by atoms with Crippen molar-refractivity contribution in [1.82, 2.24) is 0 Å². The average molecular weight is 446 g/mol. The van der Waals surface area contributed by atoms with Crippen molar-refractivity contribution in [2.24, 2.45) is 0 Å². The van der Waals surface area contributed by atoms with Crippen LogP contribution < -0.4 is 9.47 Å². The summed E-state index contributed by atoms with van der Waals surface area (Å²) in [6.07, 6.45) is -3.64. The van der Waals surface area contributed by atoms with E-state index in [1.165, 1.54) is 0 Å². The number of aliphatic hydroxyl groups excluding tert-OH is 2. The highest BCUT2D eigenvalue weighted by molar-refractivity contribution is 5.89. The van der Waals surface area contributed by atoms with E-state index >= 15 is 0 Å². The van der Waals surface area contributed by atoms with Gasteiger partial charge >= 0.3 is 5.97 Å². The Balaban J connectivity index is 1.86. The predicted molar refractivity (Wildman–Crippen MR) is 116 cm³/mol. The van der Waals surface area contributed by atoms with Crippen LogP contribution in [0.25, 0.3) is 0 Å². The van der Waals surface area contributed by atoms with Crippen molar-refractivity contribution in [3.8, 4) is 11.5 Å². The van der Waals surface area contributed by atoms with Crippen LogP contribution in [0.2, 0.25) is 0 Å². The summed E-state index contributed by atoms with van der Waals surface area (Å²) in [4.78, 5) is 12.8. The second kappa shape index (κ2) is 11.8. The molecule has 0 aliphatic carbocycles. The van der Waals surface area contributed by atoms with Gasteiger partial charge in [-0.25, -0.2) is 4.79 Å². The number of hydrogen-bond acceptors (Lipinski definition) is 8. The molecule has 0 amide bonds. The van der Waals surface area contributed by atoms with Gasteiger partial charge in [0.25, 0.3) is 0 Å². The Morgan fingerprint density at radius 1 is 1.03 bits per heavy atom. The molecule has 5 atom stereocenters. The normalized spacial score (nSPS) is 25.2. The van der Waals surface area contributed by atoms with Gasteiger partial charge in [-0.05, 0) is 42.8 Å². The van der Waals surface area contributed by atoms with Crippen LogP contribution in [0.4, 0.5) is 0 Å². The van der Waals surface area contributed by atoms with E-state index < -0.39 is 43.3 Å². The van der Waals surface area contributed by atoms with Gasteiger partial charge in [-0.15, -0.1) is 0 Å². The SMILES string of the molecule is CCCCOC1[C@H](O)C(CO)O[C@@H](Oc2ccc(OC)cc2)[C@H]1OC(=O)c1ccccc1. The number of unbranched alkanes of at least 4 members (excludes halogenated alkanes) is 1. The quantitative estimate of drug-likeness (QED) is 0.424. The fraction of sp³-hybridized carbons (Fsp3) is 0.458. The van der Waals surface area contributed by atoms with Crippen molar-refractivity contribution in [2.45, 2.75) is 50.5 Å². The number of aliphatic hydroxyl groups is 2. The molecule has 0 saturated carbocycles. The minimum absolute atomic E-state index is 0.349. The van der Waals surface area contributed by atoms with Crippen LogP contribution in [0.5, 0.6) is 11.5 Å². The van der Waals surface area contributed by atoms with E-state index in [1.807, 2.05) is 6.92 Å². The molecule has 32 heavy (non-hydrogen) atoms. The molecule has 8 heteroatoms. The molecule has 0 spiro atoms. The molecule has 1 fully saturated rings. The smallest absolute Gasteiger partial charge is 0.338 e. The minimum Gasteiger partial charge on any atom is -0.497 e. The summed E-state index contributed by atoms with van der Waals surface area (Å²) in [7, 11) is 1.56. The summed E-state index contributed by atoms with van der Waals surface area (Å²) in [6, 6.07) is 15.3. The van der Waals surface area contributed by atoms with Gasteiger partial charge in [-0.3, -0.25) is 0 Å². The number of carbonyl (C=O) groups excluding carboxylic acids is 1. The third kappa shape index (κ3) is 5.98. The van der Waals surface area contributed by atoms with Crippen LogP contribution in [-0.2, 0) is 14.2 Å². The first-order valence-electron chi connectivity index (χ1n) is 10.7. The molecule has 174 valence electrons. The van der Waals surface area contributed by atoms with Gasteiger partial charge in [0.05, 0.1) is 19.3 Å². The Bertz CT molecular complexity index is 826. The largest absolute Gasteiger partial charge is 0.497 e. The van der Waals surface area contributed by atoms with Crippen LogP contribution in [0.3, 0.4) is 0 Å². The van der Waals surface area contributed by atoms with E-state index in [9.17, 15) is 15.0 Å². The van der Waals surface area contributed by atoms with Crippen molar-refractivity contribution in [3.05, 3.63) is 60.2 Å². The standard InChI is InChI=1S/C24H30O8/c1-3-4-14-29-21-20(26)19(15-25)31-24(30-18-12-10-17(28-2)11-13-18)22(21)32-23(27)16-8-6-5-7-9-16/h5-13,19-22,24-26H,3-4,14-15H2,1-2H3/t19?,20-,21?,22+,24-/m1/s1. The predicted octanol–water partition coefficient (Wildman–Crippen LogP) is 2.56. The number of hydrogen-bond donors (Lipinski definition) is 2. The van der Waals surface area contributed by atoms with Gasteiger partial charge in [0.1, 0.15) is 29.8 Å². The van der Waals surface area contributed by atoms with Crippen LogP contribution in [-0.4, -0.2) is 67.2 Å². The Kier molecular flexibility index (Phi) is 8.87. The van der Waals surface area contributed by atoms with Crippen molar-refractivity contribution >= 4 is 5.97 Å². The van der Waals surface area contributed by atoms with Gasteiger partial charge in [0.2, 0.25) is 6.29 Å². The van der Waals surface area contributed by atoms with Crippen molar-refractivity contribution in [3.63, 3.8) is 0 Å². The second-order valence-electron chi connectivity index (χ2n) is 7.43. The highest BCUT2D eigenvalue weighted by Gasteiger charge is 2.49. The van der Waals surface area contributed by atoms with E-state index in [4.69, 9.17) is 23.7 Å². The molecular weight excluding hydrogens is 416 g/mol. The maximum absolute atomic E-state index is 12.8. The monoisotopic (exact) mass is 446 g/mol. The van der Waals surface area contributed by atoms with Crippen molar-refractivity contribution < 1.29 is 38.7 Å². The lowest BCUT2D eigenvalue weighted by Gasteiger charge is -2.43. The summed E-state index contributed by atoms with van der Waals surface area (Å²) in [5.41, 5.74) is 0.349. The average Bonchev–Trinajstić information content (AvgIpc) is 2.83. The van der Waals surface area contributed by atoms with E-state index in [0.717, 1.165) is 12.8 Å². The highest BCUT2D eigenvalue weighted by atomic mass is 16.7. The number of methoxy groups -OCH3 is 1. The summed E-state index contributed by atoms with van der Waals surface area (Å²) < 4.78 is 28.5. The molecule has 0 bridgehead atoms. The van der Waals surface area contributed by atoms with Gasteiger partial charge < -0.3 is 33.9 Å². The summed E-state index contributed by atoms with van der Waals surface area (Å²) >= 11 is 0. The molecule has 0 aromatic heterocycles. The first kappa shape index (κ1) is 24.0. The van der Waals surface area contributed by atoms with Crippen molar-refractivity contribution in [2.75, 3.05) is 20.3 Å². The maximum Gasteiger partial charge on any atom is 0.338 e. The topological polar surface area (TPSA) is 104 Å². The molecular formula is C24H30O8. The van der Waals surface area contributed by atoms with Gasteiger partial charge in [-0.2, -0.15) is 0 Å². The molecule has 2 aromatic carbocycles. The van der Waals surface area contributed by atoms with Gasteiger partial charge in [-0.1, -0.05) is 31.5 Å². The number of carbonyl (C=O) groups is 1. The lowest BCUT2D eigenvalue weighted by atomic mass is 9.98. The summed E-state index contributed by atoms with van der Waals surface area (Å²) in [5, 5.41) is 20.5. The Morgan fingerprint density at radius 2 is 1.72 bits per heavy atom. The summed E-state index contributed by atoms with van der Waals surface area (Å²) in [6.45, 7) is 1.92. The minimum atomic E-state index is -1.21. The maximum atomic E-state index is 12.8.